The zero-order valence-electron chi connectivity index (χ0n) is 9.28. The molecule has 2 rings (SSSR count). The number of carbonyl (C=O) groups is 1. The number of rotatable bonds is 3. The molecule has 0 spiro atoms. The Balaban J connectivity index is 2.49. The number of halogens is 4. The lowest BCUT2D eigenvalue weighted by molar-refractivity contribution is 0.103. The van der Waals surface area contributed by atoms with Crippen LogP contribution in [0, 0.1) is 5.82 Å². The fraction of sp³-hybridized carbons (Fsp3) is 0.0833. The SMILES string of the molecule is O=Cc1c(F)cccc1-c1cnc(C(F)(F)Br)nc1. The summed E-state index contributed by atoms with van der Waals surface area (Å²) in [6.45, 7) is 0. The zero-order chi connectivity index (χ0) is 14.0. The van der Waals surface area contributed by atoms with Crippen LogP contribution in [0.4, 0.5) is 13.2 Å². The topological polar surface area (TPSA) is 42.9 Å². The summed E-state index contributed by atoms with van der Waals surface area (Å²) in [6.07, 6.45) is 2.58. The van der Waals surface area contributed by atoms with Crippen molar-refractivity contribution in [3.63, 3.8) is 0 Å². The molecule has 19 heavy (non-hydrogen) atoms. The summed E-state index contributed by atoms with van der Waals surface area (Å²) in [5.74, 6) is -1.40. The highest BCUT2D eigenvalue weighted by Crippen LogP contribution is 2.32. The quantitative estimate of drug-likeness (QED) is 0.638. The lowest BCUT2D eigenvalue weighted by atomic mass is 10.0. The van der Waals surface area contributed by atoms with Crippen LogP contribution in [0.3, 0.4) is 0 Å². The molecule has 1 aromatic heterocycles. The molecule has 98 valence electrons. The number of hydrogen-bond donors (Lipinski definition) is 0. The Kier molecular flexibility index (Phi) is 3.66. The van der Waals surface area contributed by atoms with E-state index >= 15 is 0 Å². The molecule has 0 amide bonds. The van der Waals surface area contributed by atoms with Gasteiger partial charge in [-0.05, 0) is 27.6 Å². The van der Waals surface area contributed by atoms with Gasteiger partial charge in [-0.25, -0.2) is 14.4 Å². The van der Waals surface area contributed by atoms with Crippen molar-refractivity contribution in [1.82, 2.24) is 9.97 Å². The van der Waals surface area contributed by atoms with Gasteiger partial charge < -0.3 is 0 Å². The zero-order valence-corrected chi connectivity index (χ0v) is 10.9. The Labute approximate surface area is 114 Å². The Morgan fingerprint density at radius 1 is 1.21 bits per heavy atom. The normalized spacial score (nSPS) is 11.4. The molecular weight excluding hydrogens is 325 g/mol. The van der Waals surface area contributed by atoms with Crippen LogP contribution >= 0.6 is 15.9 Å². The van der Waals surface area contributed by atoms with Crippen molar-refractivity contribution in [2.75, 3.05) is 0 Å². The van der Waals surface area contributed by atoms with E-state index in [0.29, 0.717) is 6.29 Å². The fourth-order valence-corrected chi connectivity index (χ4v) is 1.73. The van der Waals surface area contributed by atoms with E-state index in [4.69, 9.17) is 0 Å². The van der Waals surface area contributed by atoms with Gasteiger partial charge in [-0.1, -0.05) is 12.1 Å². The minimum Gasteiger partial charge on any atom is -0.298 e. The van der Waals surface area contributed by atoms with Crippen molar-refractivity contribution >= 4 is 22.2 Å². The molecular formula is C12H6BrF3N2O. The van der Waals surface area contributed by atoms with Crippen LogP contribution in [0.1, 0.15) is 16.2 Å². The van der Waals surface area contributed by atoms with Crippen LogP contribution in [-0.4, -0.2) is 16.3 Å². The summed E-state index contributed by atoms with van der Waals surface area (Å²) in [5.41, 5.74) is 0.367. The Bertz CT molecular complexity index is 611. The van der Waals surface area contributed by atoms with Gasteiger partial charge in [0.05, 0.1) is 5.56 Å². The number of alkyl halides is 3. The lowest BCUT2D eigenvalue weighted by Crippen LogP contribution is -2.08. The smallest absolute Gasteiger partial charge is 0.298 e. The van der Waals surface area contributed by atoms with Crippen LogP contribution in [0.25, 0.3) is 11.1 Å². The molecule has 0 N–H and O–H groups in total. The standard InChI is InChI=1S/C12H6BrF3N2O/c13-12(15,16)11-17-4-7(5-18-11)8-2-1-3-10(14)9(8)6-19/h1-6H. The van der Waals surface area contributed by atoms with Crippen LogP contribution in [0.15, 0.2) is 30.6 Å². The second-order valence-corrected chi connectivity index (χ2v) is 4.61. The average molecular weight is 331 g/mol. The van der Waals surface area contributed by atoms with Gasteiger partial charge in [0.25, 0.3) is 0 Å². The molecule has 0 atom stereocenters. The van der Waals surface area contributed by atoms with Gasteiger partial charge in [0.1, 0.15) is 5.82 Å². The number of aromatic nitrogens is 2. The highest BCUT2D eigenvalue weighted by atomic mass is 79.9. The van der Waals surface area contributed by atoms with Crippen molar-refractivity contribution in [3.8, 4) is 11.1 Å². The lowest BCUT2D eigenvalue weighted by Gasteiger charge is -2.08. The number of hydrogen-bond acceptors (Lipinski definition) is 3. The van der Waals surface area contributed by atoms with Gasteiger partial charge in [0.15, 0.2) is 6.29 Å². The van der Waals surface area contributed by atoms with Gasteiger partial charge in [0.2, 0.25) is 5.82 Å². The maximum Gasteiger partial charge on any atom is 0.359 e. The largest absolute Gasteiger partial charge is 0.359 e. The minimum absolute atomic E-state index is 0.163. The van der Waals surface area contributed by atoms with Crippen LogP contribution in [-0.2, 0) is 4.83 Å². The van der Waals surface area contributed by atoms with E-state index in [0.717, 1.165) is 18.5 Å². The van der Waals surface area contributed by atoms with Gasteiger partial charge in [-0.3, -0.25) is 4.79 Å². The van der Waals surface area contributed by atoms with Gasteiger partial charge in [-0.15, -0.1) is 0 Å². The predicted molar refractivity (Wildman–Crippen MR) is 65.6 cm³/mol. The molecule has 0 saturated carbocycles. The number of carbonyl (C=O) groups excluding carboxylic acids is 1. The van der Waals surface area contributed by atoms with E-state index in [1.165, 1.54) is 12.1 Å². The van der Waals surface area contributed by atoms with E-state index in [9.17, 15) is 18.0 Å². The molecule has 0 bridgehead atoms. The molecule has 1 heterocycles. The average Bonchev–Trinajstić information content (AvgIpc) is 2.37. The molecule has 0 aliphatic rings. The second-order valence-electron chi connectivity index (χ2n) is 3.61. The summed E-state index contributed by atoms with van der Waals surface area (Å²) in [7, 11) is 0. The third kappa shape index (κ3) is 2.81. The molecule has 0 aliphatic heterocycles. The van der Waals surface area contributed by atoms with Crippen molar-refractivity contribution in [2.24, 2.45) is 0 Å². The number of benzene rings is 1. The molecule has 3 nitrogen and oxygen atoms in total. The van der Waals surface area contributed by atoms with E-state index in [1.54, 1.807) is 0 Å². The molecule has 0 unspecified atom stereocenters. The first-order chi connectivity index (χ1) is 8.93. The molecule has 0 saturated heterocycles. The Hall–Kier alpha value is -1.76. The monoisotopic (exact) mass is 330 g/mol. The summed E-state index contributed by atoms with van der Waals surface area (Å²) < 4.78 is 39.2. The van der Waals surface area contributed by atoms with Crippen LogP contribution in [0.2, 0.25) is 0 Å². The minimum atomic E-state index is -3.33. The van der Waals surface area contributed by atoms with Gasteiger partial charge in [0, 0.05) is 18.0 Å². The van der Waals surface area contributed by atoms with E-state index in [2.05, 4.69) is 25.9 Å². The molecule has 0 radical (unpaired) electrons. The number of nitrogens with zero attached hydrogens (tertiary/aromatic N) is 2. The maximum absolute atomic E-state index is 13.4. The third-order valence-corrected chi connectivity index (χ3v) is 2.74. The Morgan fingerprint density at radius 2 is 1.84 bits per heavy atom. The third-order valence-electron chi connectivity index (χ3n) is 2.39. The summed E-state index contributed by atoms with van der Waals surface area (Å²) in [4.78, 5) is 14.5. The van der Waals surface area contributed by atoms with E-state index in [1.807, 2.05) is 0 Å². The fourth-order valence-electron chi connectivity index (χ4n) is 1.52. The second kappa shape index (κ2) is 5.08. The van der Waals surface area contributed by atoms with Crippen molar-refractivity contribution in [3.05, 3.63) is 47.8 Å². The highest BCUT2D eigenvalue weighted by molar-refractivity contribution is 9.09. The summed E-state index contributed by atoms with van der Waals surface area (Å²) in [6, 6.07) is 4.03. The highest BCUT2D eigenvalue weighted by Gasteiger charge is 2.30. The first-order valence-corrected chi connectivity index (χ1v) is 5.86. The molecule has 2 aromatic rings. The van der Waals surface area contributed by atoms with Crippen LogP contribution in [0.5, 0.6) is 0 Å². The first-order valence-electron chi connectivity index (χ1n) is 5.07. The van der Waals surface area contributed by atoms with Crippen LogP contribution < -0.4 is 0 Å². The van der Waals surface area contributed by atoms with Gasteiger partial charge >= 0.3 is 4.83 Å². The van der Waals surface area contributed by atoms with Crippen molar-refractivity contribution in [2.45, 2.75) is 4.83 Å². The summed E-state index contributed by atoms with van der Waals surface area (Å²) in [5, 5.41) is 0. The summed E-state index contributed by atoms with van der Waals surface area (Å²) >= 11 is 2.13. The molecule has 7 heteroatoms. The maximum atomic E-state index is 13.4. The number of aldehydes is 1. The predicted octanol–water partition coefficient (Wildman–Crippen LogP) is 3.54. The first kappa shape index (κ1) is 13.7. The van der Waals surface area contributed by atoms with Gasteiger partial charge in [-0.2, -0.15) is 8.78 Å². The van der Waals surface area contributed by atoms with Crippen molar-refractivity contribution < 1.29 is 18.0 Å². The Morgan fingerprint density at radius 3 is 2.37 bits per heavy atom. The van der Waals surface area contributed by atoms with E-state index < -0.39 is 16.5 Å². The molecule has 0 fully saturated rings. The van der Waals surface area contributed by atoms with E-state index in [-0.39, 0.29) is 16.7 Å². The molecule has 0 aliphatic carbocycles. The molecule has 1 aromatic carbocycles. The van der Waals surface area contributed by atoms with Crippen molar-refractivity contribution in [1.29, 1.82) is 0 Å².